The fraction of sp³-hybridized carbons (Fsp3) is 0.421. The number of amides is 2. The maximum atomic E-state index is 13.0. The zero-order chi connectivity index (χ0) is 19.0. The van der Waals surface area contributed by atoms with E-state index >= 15 is 0 Å². The molecule has 2 bridgehead atoms. The van der Waals surface area contributed by atoms with E-state index in [9.17, 15) is 14.4 Å². The Morgan fingerprint density at radius 1 is 1.11 bits per heavy atom. The molecular formula is C19H21N5O3. The number of carbonyl (C=O) groups is 2. The van der Waals surface area contributed by atoms with Crippen molar-refractivity contribution >= 4 is 11.8 Å². The van der Waals surface area contributed by atoms with E-state index in [1.807, 2.05) is 0 Å². The summed E-state index contributed by atoms with van der Waals surface area (Å²) in [5, 5.41) is 0. The molecule has 140 valence electrons. The topological polar surface area (TPSA) is 99.3 Å². The molecular weight excluding hydrogens is 346 g/mol. The van der Waals surface area contributed by atoms with Crippen LogP contribution in [0.4, 0.5) is 0 Å². The summed E-state index contributed by atoms with van der Waals surface area (Å²) in [6.45, 7) is 3.36. The van der Waals surface area contributed by atoms with Crippen LogP contribution in [0.15, 0.2) is 35.5 Å². The Labute approximate surface area is 156 Å². The van der Waals surface area contributed by atoms with Gasteiger partial charge in [-0.3, -0.25) is 19.4 Å². The fourth-order valence-corrected chi connectivity index (χ4v) is 3.96. The number of H-pyrrole nitrogens is 1. The third-order valence-corrected chi connectivity index (χ3v) is 5.33. The van der Waals surface area contributed by atoms with Crippen LogP contribution >= 0.6 is 0 Å². The highest BCUT2D eigenvalue weighted by Gasteiger charge is 2.39. The number of aromatic amines is 1. The third kappa shape index (κ3) is 3.34. The molecule has 27 heavy (non-hydrogen) atoms. The van der Waals surface area contributed by atoms with Crippen LogP contribution in [0.3, 0.4) is 0 Å². The van der Waals surface area contributed by atoms with Crippen molar-refractivity contribution in [1.29, 1.82) is 0 Å². The van der Waals surface area contributed by atoms with E-state index in [1.54, 1.807) is 28.9 Å². The molecule has 2 atom stereocenters. The monoisotopic (exact) mass is 367 g/mol. The van der Waals surface area contributed by atoms with Crippen molar-refractivity contribution in [3.8, 4) is 0 Å². The van der Waals surface area contributed by atoms with E-state index in [2.05, 4.69) is 15.0 Å². The third-order valence-electron chi connectivity index (χ3n) is 5.33. The summed E-state index contributed by atoms with van der Waals surface area (Å²) in [4.78, 5) is 52.2. The van der Waals surface area contributed by atoms with Gasteiger partial charge in [0, 0.05) is 43.8 Å². The first-order chi connectivity index (χ1) is 13.0. The average Bonchev–Trinajstić information content (AvgIpc) is 2.99. The molecule has 3 aliphatic heterocycles. The molecule has 0 spiro atoms. The largest absolute Gasteiger partial charge is 0.335 e. The molecule has 0 aromatic carbocycles. The second-order valence-corrected chi connectivity index (χ2v) is 7.24. The van der Waals surface area contributed by atoms with E-state index < -0.39 is 0 Å². The molecule has 0 radical (unpaired) electrons. The summed E-state index contributed by atoms with van der Waals surface area (Å²) >= 11 is 0. The van der Waals surface area contributed by atoms with Crippen molar-refractivity contribution in [2.75, 3.05) is 19.6 Å². The predicted molar refractivity (Wildman–Crippen MR) is 97.3 cm³/mol. The van der Waals surface area contributed by atoms with Crippen molar-refractivity contribution in [2.24, 2.45) is 5.92 Å². The molecule has 2 aromatic heterocycles. The first-order valence-corrected chi connectivity index (χ1v) is 9.09. The van der Waals surface area contributed by atoms with Crippen LogP contribution in [-0.2, 0) is 0 Å². The predicted octanol–water partition coefficient (Wildman–Crippen LogP) is 0.850. The van der Waals surface area contributed by atoms with Gasteiger partial charge in [0.05, 0.1) is 6.20 Å². The van der Waals surface area contributed by atoms with Gasteiger partial charge in [-0.1, -0.05) is 0 Å². The lowest BCUT2D eigenvalue weighted by Gasteiger charge is -2.35. The Bertz CT molecular complexity index is 926. The Morgan fingerprint density at radius 3 is 2.70 bits per heavy atom. The summed E-state index contributed by atoms with van der Waals surface area (Å²) in [5.41, 5.74) is 0.814. The first-order valence-electron chi connectivity index (χ1n) is 9.09. The summed E-state index contributed by atoms with van der Waals surface area (Å²) in [7, 11) is 0. The zero-order valence-electron chi connectivity index (χ0n) is 15.1. The van der Waals surface area contributed by atoms with E-state index in [0.29, 0.717) is 25.3 Å². The van der Waals surface area contributed by atoms with Gasteiger partial charge < -0.3 is 14.8 Å². The quantitative estimate of drug-likeness (QED) is 0.848. The van der Waals surface area contributed by atoms with Gasteiger partial charge in [-0.2, -0.15) is 0 Å². The van der Waals surface area contributed by atoms with Crippen LogP contribution in [0.2, 0.25) is 0 Å². The minimum atomic E-state index is -0.368. The van der Waals surface area contributed by atoms with E-state index in [0.717, 1.165) is 18.5 Å². The fourth-order valence-electron chi connectivity index (χ4n) is 3.96. The molecule has 8 heteroatoms. The Balaban J connectivity index is 1.57. The Hall–Kier alpha value is -3.03. The molecule has 2 aromatic rings. The second-order valence-electron chi connectivity index (χ2n) is 7.24. The van der Waals surface area contributed by atoms with Crippen molar-refractivity contribution in [3.63, 3.8) is 0 Å². The number of hydrogen-bond donors (Lipinski definition) is 1. The molecule has 0 aliphatic carbocycles. The average molecular weight is 367 g/mol. The summed E-state index contributed by atoms with van der Waals surface area (Å²) in [5.74, 6) is -0.236. The molecule has 3 fully saturated rings. The Morgan fingerprint density at radius 2 is 1.96 bits per heavy atom. The molecule has 3 aliphatic rings. The normalized spacial score (nSPS) is 21.8. The maximum Gasteiger partial charge on any atom is 0.274 e. The number of nitrogens with one attached hydrogen (secondary N) is 1. The summed E-state index contributed by atoms with van der Waals surface area (Å²) in [6, 6.07) is 3.21. The van der Waals surface area contributed by atoms with Gasteiger partial charge in [-0.15, -0.1) is 0 Å². The molecule has 5 rings (SSSR count). The highest BCUT2D eigenvalue weighted by Crippen LogP contribution is 2.29. The van der Waals surface area contributed by atoms with Crippen LogP contribution in [-0.4, -0.2) is 62.2 Å². The van der Waals surface area contributed by atoms with E-state index in [4.69, 9.17) is 0 Å². The van der Waals surface area contributed by atoms with Crippen LogP contribution in [0, 0.1) is 12.8 Å². The van der Waals surface area contributed by atoms with Crippen molar-refractivity contribution in [2.45, 2.75) is 25.8 Å². The maximum absolute atomic E-state index is 13.0. The van der Waals surface area contributed by atoms with Gasteiger partial charge in [0.1, 0.15) is 11.3 Å². The van der Waals surface area contributed by atoms with Gasteiger partial charge in [-0.05, 0) is 37.8 Å². The Kier molecular flexibility index (Phi) is 4.47. The van der Waals surface area contributed by atoms with Crippen molar-refractivity contribution in [3.05, 3.63) is 58.0 Å². The molecule has 2 amide bonds. The van der Waals surface area contributed by atoms with Crippen molar-refractivity contribution < 1.29 is 9.59 Å². The highest BCUT2D eigenvalue weighted by atomic mass is 16.2. The molecule has 8 nitrogen and oxygen atoms in total. The van der Waals surface area contributed by atoms with Gasteiger partial charge in [-0.25, -0.2) is 4.98 Å². The number of carbonyl (C=O) groups excluding carboxylic acids is 2. The number of nitrogens with zero attached hydrogens (tertiary/aromatic N) is 4. The molecule has 0 unspecified atom stereocenters. The minimum absolute atomic E-state index is 0.0995. The SMILES string of the molecule is Cc1ccc(C(=O)N2C[C@H]3CC[C@@H]2CN(C(=O)c2cnccn2)C3)c(=O)[nH]1. The van der Waals surface area contributed by atoms with E-state index in [1.165, 1.54) is 18.6 Å². The lowest BCUT2D eigenvalue weighted by Crippen LogP contribution is -2.48. The molecule has 3 saturated heterocycles. The zero-order valence-corrected chi connectivity index (χ0v) is 15.1. The van der Waals surface area contributed by atoms with Crippen LogP contribution in [0.5, 0.6) is 0 Å². The molecule has 0 saturated carbocycles. The molecule has 1 N–H and O–H groups in total. The van der Waals surface area contributed by atoms with Crippen LogP contribution in [0.25, 0.3) is 0 Å². The number of aromatic nitrogens is 3. The number of pyridine rings is 1. The van der Waals surface area contributed by atoms with Gasteiger partial charge in [0.2, 0.25) is 0 Å². The number of aryl methyl sites for hydroxylation is 1. The lowest BCUT2D eigenvalue weighted by atomic mass is 9.94. The first kappa shape index (κ1) is 17.4. The standard InChI is InChI=1S/C19H21N5O3/c1-12-2-5-15(17(25)22-12)18(26)24-10-13-3-4-14(24)11-23(9-13)19(27)16-8-20-6-7-21-16/h2,5-8,13-14H,3-4,9-11H2,1H3,(H,22,25)/t13-,14+/m0/s1. The molecule has 5 heterocycles. The second kappa shape index (κ2) is 6.94. The van der Waals surface area contributed by atoms with Gasteiger partial charge >= 0.3 is 0 Å². The minimum Gasteiger partial charge on any atom is -0.335 e. The number of hydrogen-bond acceptors (Lipinski definition) is 5. The van der Waals surface area contributed by atoms with Gasteiger partial charge in [0.25, 0.3) is 17.4 Å². The highest BCUT2D eigenvalue weighted by molar-refractivity contribution is 5.95. The number of fused-ring (bicyclic) bond motifs is 4. The van der Waals surface area contributed by atoms with Crippen molar-refractivity contribution in [1.82, 2.24) is 24.8 Å². The van der Waals surface area contributed by atoms with Crippen LogP contribution in [0.1, 0.15) is 39.4 Å². The van der Waals surface area contributed by atoms with Crippen LogP contribution < -0.4 is 5.56 Å². The van der Waals surface area contributed by atoms with E-state index in [-0.39, 0.29) is 34.9 Å². The summed E-state index contributed by atoms with van der Waals surface area (Å²) < 4.78 is 0. The smallest absolute Gasteiger partial charge is 0.274 e. The van der Waals surface area contributed by atoms with Gasteiger partial charge in [0.15, 0.2) is 0 Å². The number of rotatable bonds is 2. The lowest BCUT2D eigenvalue weighted by molar-refractivity contribution is 0.0572. The number of piperidine rings is 1. The summed E-state index contributed by atoms with van der Waals surface area (Å²) in [6.07, 6.45) is 6.28.